The van der Waals surface area contributed by atoms with E-state index in [1.165, 1.54) is 11.3 Å². The van der Waals surface area contributed by atoms with Crippen molar-refractivity contribution in [3.05, 3.63) is 39.8 Å². The number of hydrogen-bond donors (Lipinski definition) is 4. The summed E-state index contributed by atoms with van der Waals surface area (Å²) in [5.74, 6) is -0.0566. The Kier molecular flexibility index (Phi) is 6.89. The van der Waals surface area contributed by atoms with Gasteiger partial charge in [-0.05, 0) is 30.1 Å². The lowest BCUT2D eigenvalue weighted by Gasteiger charge is -2.17. The Morgan fingerprint density at radius 1 is 1.33 bits per heavy atom. The Hall–Kier alpha value is -2.26. The minimum atomic E-state index is -0.372. The summed E-state index contributed by atoms with van der Waals surface area (Å²) in [5.41, 5.74) is 1.12. The average Bonchev–Trinajstić information content (AvgIpc) is 2.98. The van der Waals surface area contributed by atoms with Crippen LogP contribution in [0.1, 0.15) is 12.0 Å². The molecule has 4 N–H and O–H groups in total. The second kappa shape index (κ2) is 9.14. The van der Waals surface area contributed by atoms with E-state index in [9.17, 15) is 9.59 Å². The van der Waals surface area contributed by atoms with E-state index < -0.39 is 0 Å². The molecule has 0 fully saturated rings. The third-order valence-electron chi connectivity index (χ3n) is 3.33. The number of aromatic nitrogens is 2. The standard InChI is InChI=1S/C15H19N5O2S2/c1-16-12(21)8-11(7-10-5-3-2-4-6-10)9-17-13(22)18-14-19-20-15(23)24-14/h2-6,11H,7-9H2,1H3,(H,16,21)(H,20,23)(H2,17,18,19,22). The second-order valence-corrected chi connectivity index (χ2v) is 6.85. The van der Waals surface area contributed by atoms with Gasteiger partial charge in [0.2, 0.25) is 11.0 Å². The summed E-state index contributed by atoms with van der Waals surface area (Å²) in [6.45, 7) is 0.379. The highest BCUT2D eigenvalue weighted by atomic mass is 32.1. The van der Waals surface area contributed by atoms with Crippen molar-refractivity contribution in [1.82, 2.24) is 20.8 Å². The van der Waals surface area contributed by atoms with Crippen LogP contribution < -0.4 is 16.0 Å². The van der Waals surface area contributed by atoms with Crippen LogP contribution in [0.5, 0.6) is 0 Å². The number of nitrogens with one attached hydrogen (secondary N) is 4. The molecule has 2 aromatic rings. The minimum Gasteiger partial charge on any atom is -0.359 e. The van der Waals surface area contributed by atoms with Crippen LogP contribution in [0.3, 0.4) is 0 Å². The number of H-pyrrole nitrogens is 1. The van der Waals surface area contributed by atoms with E-state index in [0.29, 0.717) is 28.5 Å². The van der Waals surface area contributed by atoms with Crippen molar-refractivity contribution in [2.75, 3.05) is 18.9 Å². The lowest BCUT2D eigenvalue weighted by atomic mass is 9.95. The summed E-state index contributed by atoms with van der Waals surface area (Å²) >= 11 is 6.09. The van der Waals surface area contributed by atoms with Crippen LogP contribution in [0.15, 0.2) is 30.3 Å². The molecule has 128 valence electrons. The largest absolute Gasteiger partial charge is 0.359 e. The Bertz CT molecular complexity index is 729. The molecule has 2 rings (SSSR count). The predicted octanol–water partition coefficient (Wildman–Crippen LogP) is 2.32. The first-order valence-corrected chi connectivity index (χ1v) is 8.64. The van der Waals surface area contributed by atoms with Crippen LogP contribution in [0, 0.1) is 9.87 Å². The molecule has 0 spiro atoms. The van der Waals surface area contributed by atoms with Gasteiger partial charge in [-0.1, -0.05) is 41.7 Å². The summed E-state index contributed by atoms with van der Waals surface area (Å²) in [7, 11) is 1.60. The summed E-state index contributed by atoms with van der Waals surface area (Å²) in [5, 5.41) is 14.9. The van der Waals surface area contributed by atoms with Gasteiger partial charge >= 0.3 is 6.03 Å². The number of carbonyl (C=O) groups is 2. The van der Waals surface area contributed by atoms with Crippen LogP contribution >= 0.6 is 23.6 Å². The zero-order valence-electron chi connectivity index (χ0n) is 13.2. The van der Waals surface area contributed by atoms with Gasteiger partial charge in [0.15, 0.2) is 3.95 Å². The fourth-order valence-electron chi connectivity index (χ4n) is 2.19. The molecule has 1 aromatic heterocycles. The maximum Gasteiger partial charge on any atom is 0.321 e. The highest BCUT2D eigenvalue weighted by Crippen LogP contribution is 2.13. The number of carbonyl (C=O) groups excluding carboxylic acids is 2. The van der Waals surface area contributed by atoms with E-state index in [0.717, 1.165) is 5.56 Å². The third kappa shape index (κ3) is 6.09. The van der Waals surface area contributed by atoms with E-state index in [1.54, 1.807) is 7.05 Å². The average molecular weight is 365 g/mol. The molecule has 0 aliphatic rings. The normalized spacial score (nSPS) is 11.5. The minimum absolute atomic E-state index is 0.00419. The van der Waals surface area contributed by atoms with E-state index in [-0.39, 0.29) is 17.9 Å². The summed E-state index contributed by atoms with van der Waals surface area (Å²) in [6.07, 6.45) is 1.04. The van der Waals surface area contributed by atoms with Gasteiger partial charge in [0.1, 0.15) is 0 Å². The number of rotatable bonds is 7. The molecule has 1 heterocycles. The van der Waals surface area contributed by atoms with Crippen LogP contribution in [-0.4, -0.2) is 35.7 Å². The smallest absolute Gasteiger partial charge is 0.321 e. The monoisotopic (exact) mass is 365 g/mol. The van der Waals surface area contributed by atoms with Crippen molar-refractivity contribution in [3.63, 3.8) is 0 Å². The van der Waals surface area contributed by atoms with Crippen LogP contribution in [0.4, 0.5) is 9.93 Å². The Morgan fingerprint density at radius 3 is 2.71 bits per heavy atom. The number of nitrogens with zero attached hydrogens (tertiary/aromatic N) is 1. The zero-order valence-corrected chi connectivity index (χ0v) is 14.8. The molecule has 24 heavy (non-hydrogen) atoms. The SMILES string of the molecule is CNC(=O)CC(CNC(=O)Nc1n[nH]c(=S)s1)Cc1ccccc1. The van der Waals surface area contributed by atoms with Gasteiger partial charge in [0.05, 0.1) is 0 Å². The predicted molar refractivity (Wildman–Crippen MR) is 96.6 cm³/mol. The molecule has 0 bridgehead atoms. The van der Waals surface area contributed by atoms with Crippen molar-refractivity contribution in [3.8, 4) is 0 Å². The fourth-order valence-corrected chi connectivity index (χ4v) is 2.97. The Morgan fingerprint density at radius 2 is 2.08 bits per heavy atom. The number of anilines is 1. The number of aromatic amines is 1. The molecule has 0 saturated heterocycles. The maximum atomic E-state index is 11.9. The van der Waals surface area contributed by atoms with E-state index in [4.69, 9.17) is 12.2 Å². The molecule has 1 aromatic carbocycles. The fraction of sp³-hybridized carbons (Fsp3) is 0.333. The Balaban J connectivity index is 1.90. The van der Waals surface area contributed by atoms with Gasteiger partial charge in [-0.25, -0.2) is 4.79 Å². The van der Waals surface area contributed by atoms with E-state index in [1.807, 2.05) is 30.3 Å². The van der Waals surface area contributed by atoms with Crippen molar-refractivity contribution in [1.29, 1.82) is 0 Å². The van der Waals surface area contributed by atoms with Crippen molar-refractivity contribution >= 4 is 40.6 Å². The summed E-state index contributed by atoms with van der Waals surface area (Å²) in [4.78, 5) is 23.6. The molecule has 0 aliphatic carbocycles. The molecule has 9 heteroatoms. The molecule has 7 nitrogen and oxygen atoms in total. The molecular formula is C15H19N5O2S2. The van der Waals surface area contributed by atoms with Crippen molar-refractivity contribution in [2.24, 2.45) is 5.92 Å². The number of urea groups is 1. The number of benzene rings is 1. The molecule has 0 saturated carbocycles. The number of hydrogen-bond acceptors (Lipinski definition) is 5. The van der Waals surface area contributed by atoms with Crippen molar-refractivity contribution in [2.45, 2.75) is 12.8 Å². The summed E-state index contributed by atoms with van der Waals surface area (Å²) < 4.78 is 0.492. The zero-order chi connectivity index (χ0) is 17.4. The van der Waals surface area contributed by atoms with Gasteiger partial charge in [-0.15, -0.1) is 5.10 Å². The highest BCUT2D eigenvalue weighted by molar-refractivity contribution is 7.73. The molecule has 1 unspecified atom stereocenters. The van der Waals surface area contributed by atoms with Gasteiger partial charge in [-0.3, -0.25) is 15.2 Å². The molecule has 0 radical (unpaired) electrons. The van der Waals surface area contributed by atoms with Gasteiger partial charge in [0.25, 0.3) is 0 Å². The summed E-state index contributed by atoms with van der Waals surface area (Å²) in [6, 6.07) is 9.50. The lowest BCUT2D eigenvalue weighted by molar-refractivity contribution is -0.121. The first kappa shape index (κ1) is 18.1. The third-order valence-corrected chi connectivity index (χ3v) is 4.33. The Labute approximate surface area is 148 Å². The van der Waals surface area contributed by atoms with Crippen LogP contribution in [0.25, 0.3) is 0 Å². The van der Waals surface area contributed by atoms with E-state index >= 15 is 0 Å². The molecular weight excluding hydrogens is 346 g/mol. The number of amides is 3. The van der Waals surface area contributed by atoms with E-state index in [2.05, 4.69) is 26.1 Å². The van der Waals surface area contributed by atoms with Crippen LogP contribution in [-0.2, 0) is 11.2 Å². The van der Waals surface area contributed by atoms with Gasteiger partial charge < -0.3 is 10.6 Å². The molecule has 0 aliphatic heterocycles. The second-order valence-electron chi connectivity index (χ2n) is 5.19. The lowest BCUT2D eigenvalue weighted by Crippen LogP contribution is -2.35. The molecule has 3 amide bonds. The van der Waals surface area contributed by atoms with Gasteiger partial charge in [-0.2, -0.15) is 0 Å². The topological polar surface area (TPSA) is 98.9 Å². The highest BCUT2D eigenvalue weighted by Gasteiger charge is 2.15. The first-order valence-electron chi connectivity index (χ1n) is 7.41. The molecule has 1 atom stereocenters. The van der Waals surface area contributed by atoms with Gasteiger partial charge in [0, 0.05) is 20.0 Å². The quantitative estimate of drug-likeness (QED) is 0.566. The maximum absolute atomic E-state index is 11.9. The first-order chi connectivity index (χ1) is 11.6. The van der Waals surface area contributed by atoms with Crippen LogP contribution in [0.2, 0.25) is 0 Å². The van der Waals surface area contributed by atoms with Crippen molar-refractivity contribution < 1.29 is 9.59 Å².